The summed E-state index contributed by atoms with van der Waals surface area (Å²) in [6, 6.07) is 11.9. The van der Waals surface area contributed by atoms with Crippen LogP contribution in [-0.4, -0.2) is 42.7 Å². The standard InChI is InChI=1S/C18H23ClN2OS/c1-3-21(4-2)12-11-20-17(22)13-23-16-10-6-8-14-7-5-9-15(19)18(14)16/h5-10H,3-4,11-13H2,1-2H3,(H,20,22). The van der Waals surface area contributed by atoms with Crippen LogP contribution in [0.4, 0.5) is 0 Å². The van der Waals surface area contributed by atoms with Gasteiger partial charge < -0.3 is 10.2 Å². The van der Waals surface area contributed by atoms with E-state index in [2.05, 4.69) is 24.1 Å². The van der Waals surface area contributed by atoms with Gasteiger partial charge in [-0.15, -0.1) is 11.8 Å². The average molecular weight is 351 g/mol. The minimum Gasteiger partial charge on any atom is -0.354 e. The van der Waals surface area contributed by atoms with Gasteiger partial charge in [-0.3, -0.25) is 4.79 Å². The molecule has 0 aliphatic rings. The highest BCUT2D eigenvalue weighted by Gasteiger charge is 2.08. The van der Waals surface area contributed by atoms with Crippen molar-refractivity contribution in [2.45, 2.75) is 18.7 Å². The van der Waals surface area contributed by atoms with Gasteiger partial charge in [0.2, 0.25) is 5.91 Å². The molecule has 0 aliphatic carbocycles. The van der Waals surface area contributed by atoms with Crippen molar-refractivity contribution in [2.75, 3.05) is 31.9 Å². The van der Waals surface area contributed by atoms with E-state index in [1.54, 1.807) is 0 Å². The van der Waals surface area contributed by atoms with Gasteiger partial charge in [0.05, 0.1) is 5.75 Å². The van der Waals surface area contributed by atoms with Crippen LogP contribution in [0.5, 0.6) is 0 Å². The first-order valence-electron chi connectivity index (χ1n) is 7.94. The van der Waals surface area contributed by atoms with Gasteiger partial charge in [0.15, 0.2) is 0 Å². The highest BCUT2D eigenvalue weighted by Crippen LogP contribution is 2.32. The summed E-state index contributed by atoms with van der Waals surface area (Å²) in [5.74, 6) is 0.467. The summed E-state index contributed by atoms with van der Waals surface area (Å²) in [7, 11) is 0. The van der Waals surface area contributed by atoms with Crippen molar-refractivity contribution in [3.8, 4) is 0 Å². The molecule has 0 atom stereocenters. The third-order valence-electron chi connectivity index (χ3n) is 3.82. The maximum Gasteiger partial charge on any atom is 0.230 e. The van der Waals surface area contributed by atoms with Crippen LogP contribution in [0.2, 0.25) is 5.02 Å². The lowest BCUT2D eigenvalue weighted by Crippen LogP contribution is -2.35. The minimum absolute atomic E-state index is 0.0613. The fraction of sp³-hybridized carbons (Fsp3) is 0.389. The Hall–Kier alpha value is -1.23. The van der Waals surface area contributed by atoms with E-state index in [0.717, 1.165) is 40.3 Å². The molecule has 5 heteroatoms. The molecule has 2 aromatic rings. The number of benzene rings is 2. The smallest absolute Gasteiger partial charge is 0.230 e. The summed E-state index contributed by atoms with van der Waals surface area (Å²) in [6.07, 6.45) is 0. The lowest BCUT2D eigenvalue weighted by atomic mass is 10.1. The van der Waals surface area contributed by atoms with Crippen LogP contribution in [0.15, 0.2) is 41.3 Å². The second-order valence-corrected chi connectivity index (χ2v) is 6.68. The maximum atomic E-state index is 12.0. The zero-order chi connectivity index (χ0) is 16.7. The Morgan fingerprint density at radius 3 is 2.57 bits per heavy atom. The molecule has 0 heterocycles. The molecule has 23 heavy (non-hydrogen) atoms. The van der Waals surface area contributed by atoms with E-state index < -0.39 is 0 Å². The van der Waals surface area contributed by atoms with Crippen molar-refractivity contribution in [2.24, 2.45) is 0 Å². The van der Waals surface area contributed by atoms with Crippen LogP contribution >= 0.6 is 23.4 Å². The van der Waals surface area contributed by atoms with E-state index >= 15 is 0 Å². The minimum atomic E-state index is 0.0613. The van der Waals surface area contributed by atoms with Gasteiger partial charge in [0.25, 0.3) is 0 Å². The number of nitrogens with one attached hydrogen (secondary N) is 1. The van der Waals surface area contributed by atoms with Crippen molar-refractivity contribution < 1.29 is 4.79 Å². The number of likely N-dealkylation sites (N-methyl/N-ethyl adjacent to an activating group) is 1. The molecular formula is C18H23ClN2OS. The summed E-state index contributed by atoms with van der Waals surface area (Å²) in [5.41, 5.74) is 0. The molecule has 1 N–H and O–H groups in total. The first-order valence-corrected chi connectivity index (χ1v) is 9.31. The monoisotopic (exact) mass is 350 g/mol. The van der Waals surface area contributed by atoms with E-state index in [4.69, 9.17) is 11.6 Å². The average Bonchev–Trinajstić information content (AvgIpc) is 2.57. The maximum absolute atomic E-state index is 12.0. The third kappa shape index (κ3) is 5.13. The number of thioether (sulfide) groups is 1. The van der Waals surface area contributed by atoms with Crippen LogP contribution < -0.4 is 5.32 Å². The number of carbonyl (C=O) groups excluding carboxylic acids is 1. The van der Waals surface area contributed by atoms with Gasteiger partial charge in [0, 0.05) is 28.4 Å². The molecular weight excluding hydrogens is 328 g/mol. The number of nitrogens with zero attached hydrogens (tertiary/aromatic N) is 1. The first kappa shape index (κ1) is 18.1. The molecule has 0 bridgehead atoms. The molecule has 3 nitrogen and oxygen atoms in total. The second-order valence-electron chi connectivity index (χ2n) is 5.26. The number of rotatable bonds is 8. The Labute approximate surface area is 147 Å². The van der Waals surface area contributed by atoms with Gasteiger partial charge in [0.1, 0.15) is 0 Å². The van der Waals surface area contributed by atoms with Crippen LogP contribution in [-0.2, 0) is 4.79 Å². The normalized spacial score (nSPS) is 11.1. The Morgan fingerprint density at radius 2 is 1.87 bits per heavy atom. The Kier molecular flexibility index (Phi) is 7.21. The van der Waals surface area contributed by atoms with E-state index in [9.17, 15) is 4.79 Å². The SMILES string of the molecule is CCN(CC)CCNC(=O)CSc1cccc2cccc(Cl)c12. The number of hydrogen-bond acceptors (Lipinski definition) is 3. The van der Waals surface area contributed by atoms with E-state index in [1.165, 1.54) is 11.8 Å². The summed E-state index contributed by atoms with van der Waals surface area (Å²) >= 11 is 7.84. The van der Waals surface area contributed by atoms with Gasteiger partial charge in [-0.25, -0.2) is 0 Å². The van der Waals surface area contributed by atoms with Crippen molar-refractivity contribution >= 4 is 40.0 Å². The molecule has 124 valence electrons. The quantitative estimate of drug-likeness (QED) is 0.729. The van der Waals surface area contributed by atoms with Crippen LogP contribution in [0.3, 0.4) is 0 Å². The lowest BCUT2D eigenvalue weighted by molar-refractivity contribution is -0.118. The largest absolute Gasteiger partial charge is 0.354 e. The second kappa shape index (κ2) is 9.16. The van der Waals surface area contributed by atoms with Gasteiger partial charge in [-0.2, -0.15) is 0 Å². The van der Waals surface area contributed by atoms with Crippen LogP contribution in [0.1, 0.15) is 13.8 Å². The summed E-state index contributed by atoms with van der Waals surface area (Å²) in [4.78, 5) is 15.3. The molecule has 0 saturated carbocycles. The third-order valence-corrected chi connectivity index (χ3v) is 5.19. The molecule has 0 aromatic heterocycles. The topological polar surface area (TPSA) is 32.3 Å². The zero-order valence-corrected chi connectivity index (χ0v) is 15.2. The first-order chi connectivity index (χ1) is 11.2. The highest BCUT2D eigenvalue weighted by atomic mass is 35.5. The predicted octanol–water partition coefficient (Wildman–Crippen LogP) is 4.04. The Morgan fingerprint density at radius 1 is 1.17 bits per heavy atom. The molecule has 0 spiro atoms. The fourth-order valence-corrected chi connectivity index (χ4v) is 3.75. The molecule has 0 saturated heterocycles. The number of fused-ring (bicyclic) bond motifs is 1. The zero-order valence-electron chi connectivity index (χ0n) is 13.6. The predicted molar refractivity (Wildman–Crippen MR) is 100 cm³/mol. The van der Waals surface area contributed by atoms with E-state index in [1.807, 2.05) is 36.4 Å². The molecule has 2 aromatic carbocycles. The molecule has 0 aliphatic heterocycles. The van der Waals surface area contributed by atoms with Crippen molar-refractivity contribution in [3.05, 3.63) is 41.4 Å². The van der Waals surface area contributed by atoms with Crippen molar-refractivity contribution in [1.82, 2.24) is 10.2 Å². The molecule has 0 fully saturated rings. The molecule has 2 rings (SSSR count). The van der Waals surface area contributed by atoms with E-state index in [-0.39, 0.29) is 5.91 Å². The number of halogens is 1. The summed E-state index contributed by atoms with van der Waals surface area (Å²) < 4.78 is 0. The lowest BCUT2D eigenvalue weighted by Gasteiger charge is -2.17. The molecule has 0 radical (unpaired) electrons. The summed E-state index contributed by atoms with van der Waals surface area (Å²) in [6.45, 7) is 7.86. The highest BCUT2D eigenvalue weighted by molar-refractivity contribution is 8.00. The van der Waals surface area contributed by atoms with Crippen molar-refractivity contribution in [1.29, 1.82) is 0 Å². The number of hydrogen-bond donors (Lipinski definition) is 1. The van der Waals surface area contributed by atoms with Crippen LogP contribution in [0.25, 0.3) is 10.8 Å². The molecule has 1 amide bonds. The van der Waals surface area contributed by atoms with E-state index in [0.29, 0.717) is 12.3 Å². The number of amides is 1. The van der Waals surface area contributed by atoms with Crippen molar-refractivity contribution in [3.63, 3.8) is 0 Å². The van der Waals surface area contributed by atoms with Gasteiger partial charge in [-0.05, 0) is 30.6 Å². The molecule has 0 unspecified atom stereocenters. The fourth-order valence-electron chi connectivity index (χ4n) is 2.47. The Balaban J connectivity index is 1.90. The summed E-state index contributed by atoms with van der Waals surface area (Å²) in [5, 5.41) is 5.84. The Bertz CT molecular complexity index is 653. The van der Waals surface area contributed by atoms with Crippen LogP contribution in [0, 0.1) is 0 Å². The van der Waals surface area contributed by atoms with Gasteiger partial charge >= 0.3 is 0 Å². The van der Waals surface area contributed by atoms with Gasteiger partial charge in [-0.1, -0.05) is 49.7 Å². The number of carbonyl (C=O) groups is 1.